The van der Waals surface area contributed by atoms with Gasteiger partial charge in [0.1, 0.15) is 0 Å². The summed E-state index contributed by atoms with van der Waals surface area (Å²) in [5.41, 5.74) is 4.02. The predicted octanol–water partition coefficient (Wildman–Crippen LogP) is 4.89. The Balaban J connectivity index is 1.70. The standard InChI is InChI=1S/C18H20ClN/c1-13-3-2-4-14(11-13)12-20-18(15-5-6-15)16-7-9-17(19)10-8-16/h2-4,7-11,15,18,20H,5-6,12H2,1H3. The molecule has 0 spiro atoms. The number of nitrogens with one attached hydrogen (secondary N) is 1. The van der Waals surface area contributed by atoms with Crippen LogP contribution >= 0.6 is 11.6 Å². The molecule has 1 unspecified atom stereocenters. The molecule has 1 nitrogen and oxygen atoms in total. The highest BCUT2D eigenvalue weighted by Gasteiger charge is 2.31. The molecule has 1 saturated carbocycles. The van der Waals surface area contributed by atoms with Gasteiger partial charge in [0.25, 0.3) is 0 Å². The molecule has 1 atom stereocenters. The van der Waals surface area contributed by atoms with Crippen molar-refractivity contribution in [2.24, 2.45) is 5.92 Å². The highest BCUT2D eigenvalue weighted by Crippen LogP contribution is 2.41. The van der Waals surface area contributed by atoms with E-state index in [1.165, 1.54) is 29.5 Å². The van der Waals surface area contributed by atoms with Crippen molar-refractivity contribution in [2.45, 2.75) is 32.4 Å². The molecule has 0 heterocycles. The summed E-state index contributed by atoms with van der Waals surface area (Å²) in [5.74, 6) is 0.779. The predicted molar refractivity (Wildman–Crippen MR) is 84.9 cm³/mol. The monoisotopic (exact) mass is 285 g/mol. The minimum absolute atomic E-state index is 0.452. The Morgan fingerprint density at radius 1 is 1.15 bits per heavy atom. The van der Waals surface area contributed by atoms with Gasteiger partial charge in [-0.3, -0.25) is 0 Å². The van der Waals surface area contributed by atoms with Crippen LogP contribution in [0.1, 0.15) is 35.6 Å². The van der Waals surface area contributed by atoms with Gasteiger partial charge in [-0.15, -0.1) is 0 Å². The molecule has 0 bridgehead atoms. The average molecular weight is 286 g/mol. The minimum Gasteiger partial charge on any atom is -0.306 e. The number of benzene rings is 2. The van der Waals surface area contributed by atoms with Crippen molar-refractivity contribution in [1.82, 2.24) is 5.32 Å². The van der Waals surface area contributed by atoms with Crippen LogP contribution in [0, 0.1) is 12.8 Å². The van der Waals surface area contributed by atoms with Gasteiger partial charge in [-0.25, -0.2) is 0 Å². The van der Waals surface area contributed by atoms with Gasteiger partial charge in [-0.05, 0) is 48.9 Å². The number of halogens is 1. The van der Waals surface area contributed by atoms with E-state index >= 15 is 0 Å². The Morgan fingerprint density at radius 3 is 2.55 bits per heavy atom. The molecule has 0 radical (unpaired) electrons. The zero-order chi connectivity index (χ0) is 13.9. The number of rotatable bonds is 5. The summed E-state index contributed by atoms with van der Waals surface area (Å²) in [6.07, 6.45) is 2.65. The van der Waals surface area contributed by atoms with Crippen molar-refractivity contribution in [3.05, 3.63) is 70.2 Å². The lowest BCUT2D eigenvalue weighted by atomic mass is 10.0. The second-order valence-electron chi connectivity index (χ2n) is 5.74. The summed E-state index contributed by atoms with van der Waals surface area (Å²) in [7, 11) is 0. The topological polar surface area (TPSA) is 12.0 Å². The van der Waals surface area contributed by atoms with Crippen LogP contribution in [0.3, 0.4) is 0 Å². The Morgan fingerprint density at radius 2 is 1.90 bits per heavy atom. The lowest BCUT2D eigenvalue weighted by Crippen LogP contribution is -2.22. The summed E-state index contributed by atoms with van der Waals surface area (Å²) in [6.45, 7) is 3.06. The van der Waals surface area contributed by atoms with Crippen molar-refractivity contribution < 1.29 is 0 Å². The molecule has 0 aromatic heterocycles. The smallest absolute Gasteiger partial charge is 0.0406 e. The fourth-order valence-corrected chi connectivity index (χ4v) is 2.83. The molecular weight excluding hydrogens is 266 g/mol. The molecule has 1 aliphatic rings. The molecule has 1 fully saturated rings. The molecule has 1 aliphatic carbocycles. The average Bonchev–Trinajstić information content (AvgIpc) is 3.26. The molecule has 2 aromatic rings. The van der Waals surface area contributed by atoms with Gasteiger partial charge in [0.05, 0.1) is 0 Å². The van der Waals surface area contributed by atoms with Crippen LogP contribution in [0.15, 0.2) is 48.5 Å². The first-order valence-corrected chi connectivity index (χ1v) is 7.64. The minimum atomic E-state index is 0.452. The van der Waals surface area contributed by atoms with Gasteiger partial charge in [0.15, 0.2) is 0 Å². The maximum atomic E-state index is 5.98. The van der Waals surface area contributed by atoms with Gasteiger partial charge in [-0.2, -0.15) is 0 Å². The second-order valence-corrected chi connectivity index (χ2v) is 6.17. The van der Waals surface area contributed by atoms with Gasteiger partial charge in [0.2, 0.25) is 0 Å². The molecule has 0 aliphatic heterocycles. The Labute approximate surface area is 126 Å². The Kier molecular flexibility index (Phi) is 4.09. The van der Waals surface area contributed by atoms with E-state index in [0.717, 1.165) is 17.5 Å². The highest BCUT2D eigenvalue weighted by molar-refractivity contribution is 6.30. The lowest BCUT2D eigenvalue weighted by Gasteiger charge is -2.19. The van der Waals surface area contributed by atoms with Crippen LogP contribution in [0.5, 0.6) is 0 Å². The van der Waals surface area contributed by atoms with Crippen LogP contribution in [0.2, 0.25) is 5.02 Å². The summed E-state index contributed by atoms with van der Waals surface area (Å²) >= 11 is 5.98. The summed E-state index contributed by atoms with van der Waals surface area (Å²) in [6, 6.07) is 17.4. The zero-order valence-corrected chi connectivity index (χ0v) is 12.5. The van der Waals surface area contributed by atoms with Crippen LogP contribution in [0.4, 0.5) is 0 Å². The number of hydrogen-bond acceptors (Lipinski definition) is 1. The third kappa shape index (κ3) is 3.41. The van der Waals surface area contributed by atoms with E-state index in [9.17, 15) is 0 Å². The highest BCUT2D eigenvalue weighted by atomic mass is 35.5. The molecule has 2 aromatic carbocycles. The van der Waals surface area contributed by atoms with E-state index in [0.29, 0.717) is 6.04 Å². The summed E-state index contributed by atoms with van der Waals surface area (Å²) < 4.78 is 0. The molecule has 2 heteroatoms. The number of aryl methyl sites for hydroxylation is 1. The van der Waals surface area contributed by atoms with Crippen LogP contribution in [-0.4, -0.2) is 0 Å². The normalized spacial score (nSPS) is 16.1. The molecule has 0 amide bonds. The largest absolute Gasteiger partial charge is 0.306 e. The quantitative estimate of drug-likeness (QED) is 0.825. The molecular formula is C18H20ClN. The van der Waals surface area contributed by atoms with Gasteiger partial charge >= 0.3 is 0 Å². The van der Waals surface area contributed by atoms with Gasteiger partial charge in [0, 0.05) is 17.6 Å². The first-order valence-electron chi connectivity index (χ1n) is 7.27. The van der Waals surface area contributed by atoms with Crippen molar-refractivity contribution in [3.8, 4) is 0 Å². The van der Waals surface area contributed by atoms with E-state index in [4.69, 9.17) is 11.6 Å². The van der Waals surface area contributed by atoms with Gasteiger partial charge < -0.3 is 5.32 Å². The molecule has 20 heavy (non-hydrogen) atoms. The molecule has 0 saturated heterocycles. The van der Waals surface area contributed by atoms with Crippen LogP contribution < -0.4 is 5.32 Å². The lowest BCUT2D eigenvalue weighted by molar-refractivity contribution is 0.480. The first kappa shape index (κ1) is 13.7. The summed E-state index contributed by atoms with van der Waals surface area (Å²) in [4.78, 5) is 0. The summed E-state index contributed by atoms with van der Waals surface area (Å²) in [5, 5.41) is 4.53. The van der Waals surface area contributed by atoms with Crippen molar-refractivity contribution in [3.63, 3.8) is 0 Å². The van der Waals surface area contributed by atoms with Gasteiger partial charge in [-0.1, -0.05) is 53.6 Å². The van der Waals surface area contributed by atoms with Crippen molar-refractivity contribution >= 4 is 11.6 Å². The fourth-order valence-electron chi connectivity index (χ4n) is 2.71. The van der Waals surface area contributed by atoms with Crippen LogP contribution in [-0.2, 0) is 6.54 Å². The third-order valence-electron chi connectivity index (χ3n) is 3.93. The maximum absolute atomic E-state index is 5.98. The van der Waals surface area contributed by atoms with E-state index in [1.54, 1.807) is 0 Å². The SMILES string of the molecule is Cc1cccc(CNC(c2ccc(Cl)cc2)C2CC2)c1. The first-order chi connectivity index (χ1) is 9.72. The Bertz CT molecular complexity index is 572. The van der Waals surface area contributed by atoms with Crippen LogP contribution in [0.25, 0.3) is 0 Å². The molecule has 3 rings (SSSR count). The van der Waals surface area contributed by atoms with E-state index in [1.807, 2.05) is 12.1 Å². The second kappa shape index (κ2) is 5.99. The van der Waals surface area contributed by atoms with Crippen molar-refractivity contribution in [1.29, 1.82) is 0 Å². The maximum Gasteiger partial charge on any atom is 0.0406 e. The zero-order valence-electron chi connectivity index (χ0n) is 11.8. The van der Waals surface area contributed by atoms with E-state index in [-0.39, 0.29) is 0 Å². The van der Waals surface area contributed by atoms with E-state index < -0.39 is 0 Å². The molecule has 1 N–H and O–H groups in total. The Hall–Kier alpha value is -1.31. The van der Waals surface area contributed by atoms with E-state index in [2.05, 4.69) is 48.6 Å². The van der Waals surface area contributed by atoms with Crippen molar-refractivity contribution in [2.75, 3.05) is 0 Å². The third-order valence-corrected chi connectivity index (χ3v) is 4.18. The molecule has 104 valence electrons. The number of hydrogen-bond donors (Lipinski definition) is 1. The fraction of sp³-hybridized carbons (Fsp3) is 0.333.